The maximum absolute atomic E-state index is 13.5. The Morgan fingerprint density at radius 2 is 0.641 bits per heavy atom. The molecule has 0 N–H and O–H groups in total. The molecule has 6 aromatic heterocycles. The SMILES string of the molecule is O=C1CC(CC2CC2)=Nc2c1ccn2C1CCC(F)(F)CC1.O=C1CC(Cc2cccc(C(F)(F)F)c2)=Nc2c1ccn2C1CCC(F)(F)CC1.O=C1CC(Cc2ccccc2)=Nc2c1ccn2C1CCC(F)(F)CC1.O=C1CC(Cc2ccccc2OC(F)(F)F)=Nc2c1ccn2C1CCC(F)(F)CC1.O=C1CC(Cc2ccccn2)=Nc2c1ccn2C1CCC(F)(F)CC1. The zero-order valence-corrected chi connectivity index (χ0v) is 71.6. The number of hydrogen-bond acceptors (Lipinski definition) is 12. The van der Waals surface area contributed by atoms with Crippen LogP contribution in [0.2, 0.25) is 0 Å². The van der Waals surface area contributed by atoms with Crippen molar-refractivity contribution in [3.05, 3.63) is 220 Å². The second kappa shape index (κ2) is 38.1. The third-order valence-electron chi connectivity index (χ3n) is 26.3. The average Bonchev–Trinajstić information content (AvgIpc) is 1.66. The number of ether oxygens (including phenoxy) is 1. The highest BCUT2D eigenvalue weighted by Crippen LogP contribution is 2.49. The van der Waals surface area contributed by atoms with Gasteiger partial charge in [0, 0.05) is 204 Å². The summed E-state index contributed by atoms with van der Waals surface area (Å²) in [5.74, 6) is -9.92. The Bertz CT molecular complexity index is 5710. The second-order valence-electron chi connectivity index (χ2n) is 36.1. The number of carbonyl (C=O) groups excluding carboxylic acids is 5. The van der Waals surface area contributed by atoms with Crippen LogP contribution in [0.25, 0.3) is 0 Å². The molecule has 6 saturated carbocycles. The van der Waals surface area contributed by atoms with Gasteiger partial charge in [-0.1, -0.05) is 72.8 Å². The molecule has 0 saturated heterocycles. The summed E-state index contributed by atoms with van der Waals surface area (Å²) in [5, 5.41) is 0. The third kappa shape index (κ3) is 23.0. The molecule has 0 bridgehead atoms. The molecule has 6 fully saturated rings. The minimum Gasteiger partial charge on any atom is -0.405 e. The number of halogens is 16. The van der Waals surface area contributed by atoms with Crippen LogP contribution in [-0.2, 0) is 31.9 Å². The fraction of sp³-hybridized carbons (Fsp3) is 0.459. The van der Waals surface area contributed by atoms with Gasteiger partial charge in [0.1, 0.15) is 34.8 Å². The van der Waals surface area contributed by atoms with Gasteiger partial charge in [0.2, 0.25) is 29.6 Å². The molecule has 17 nitrogen and oxygen atoms in total. The molecule has 0 radical (unpaired) electrons. The van der Waals surface area contributed by atoms with E-state index >= 15 is 0 Å². The van der Waals surface area contributed by atoms with Crippen LogP contribution in [0.1, 0.15) is 290 Å². The summed E-state index contributed by atoms with van der Waals surface area (Å²) in [6.07, 6.45) is 9.41. The van der Waals surface area contributed by atoms with Gasteiger partial charge in [0.25, 0.3) is 0 Å². The van der Waals surface area contributed by atoms with Crippen molar-refractivity contribution in [2.24, 2.45) is 30.9 Å². The highest BCUT2D eigenvalue weighted by Gasteiger charge is 2.44. The number of hydrogen-bond donors (Lipinski definition) is 0. The number of carbonyl (C=O) groups is 5. The summed E-state index contributed by atoms with van der Waals surface area (Å²) in [6.45, 7) is 0. The van der Waals surface area contributed by atoms with Crippen molar-refractivity contribution in [2.75, 3.05) is 0 Å². The number of ketones is 5. The fourth-order valence-corrected chi connectivity index (χ4v) is 19.1. The standard InChI is InChI=1S/C21H19F5N2O2.C21H19F5N2O.C20H20F2N2O.C19H19F2N3O.C17H20F2N2O/c22-20(23)8-5-15(6-9-20)28-10-7-16-17(29)12-14(27-19(16)28)11-13-3-1-2-4-18(13)30-21(24,25)26;22-20(23)7-4-16(5-8-20)28-9-6-17-18(29)12-15(27-19(17)28)11-13-2-1-3-14(10-13)21(24,25)26;21-20(22)9-6-16(7-10-20)24-11-8-17-18(25)13-15(23-19(17)24)12-14-4-2-1-3-5-14;20-19(21)7-4-15(5-8-19)24-10-6-16-17(25)12-14(23-18(16)24)11-13-3-1-2-9-22-13;18-17(19)6-3-13(4-7-17)21-8-5-14-15(22)10-12(20-16(14)21)9-11-1-2-11/h1-4,7,10,15H,5-6,8-9,11-12H2;1-3,6,9-10,16H,4-5,7-8,11-12H2;1-5,8,11,16H,6-7,9-10,12-13H2;1-3,6,9-10,15H,4-5,7-8,11-12H2;5,8,11,13H,1-4,6-7,9-10H2. The second-order valence-corrected chi connectivity index (χ2v) is 36.1. The molecule has 3 aromatic carbocycles. The number of aromatic nitrogens is 6. The van der Waals surface area contributed by atoms with E-state index in [0.29, 0.717) is 157 Å². The van der Waals surface area contributed by atoms with Gasteiger partial charge in [-0.15, -0.1) is 13.2 Å². The Morgan fingerprint density at radius 3 is 0.985 bits per heavy atom. The monoisotopic (exact) mass is 1830 g/mol. The first-order valence-corrected chi connectivity index (χ1v) is 44.6. The van der Waals surface area contributed by atoms with Crippen LogP contribution in [0, 0.1) is 5.92 Å². The van der Waals surface area contributed by atoms with Crippen LogP contribution in [0.5, 0.6) is 5.75 Å². The Labute approximate surface area is 744 Å². The highest BCUT2D eigenvalue weighted by molar-refractivity contribution is 6.19. The van der Waals surface area contributed by atoms with Crippen LogP contribution >= 0.6 is 0 Å². The maximum Gasteiger partial charge on any atom is 0.573 e. The molecule has 11 heterocycles. The Balaban J connectivity index is 0.000000120. The van der Waals surface area contributed by atoms with Crippen molar-refractivity contribution in [2.45, 2.75) is 278 Å². The van der Waals surface area contributed by atoms with Gasteiger partial charge >= 0.3 is 12.5 Å². The number of pyridine rings is 1. The van der Waals surface area contributed by atoms with Gasteiger partial charge in [-0.25, -0.2) is 68.9 Å². The van der Waals surface area contributed by atoms with Crippen molar-refractivity contribution < 1.29 is 99.0 Å². The number of benzene rings is 3. The van der Waals surface area contributed by atoms with Crippen molar-refractivity contribution in [1.82, 2.24) is 27.8 Å². The molecule has 0 atom stereocenters. The number of Topliss-reactive ketones (excluding diaryl/α,β-unsaturated/α-hetero) is 5. The summed E-state index contributed by atoms with van der Waals surface area (Å²) < 4.78 is 225. The van der Waals surface area contributed by atoms with E-state index in [0.717, 1.165) is 46.9 Å². The van der Waals surface area contributed by atoms with E-state index in [4.69, 9.17) is 15.0 Å². The molecule has 11 aliphatic rings. The molecule has 6 aliphatic carbocycles. The number of para-hydroxylation sites is 1. The van der Waals surface area contributed by atoms with Gasteiger partial charge in [-0.2, -0.15) is 13.2 Å². The molecule has 0 spiro atoms. The number of rotatable bonds is 16. The minimum atomic E-state index is -4.83. The molecule has 0 amide bonds. The Kier molecular flexibility index (Phi) is 27.0. The summed E-state index contributed by atoms with van der Waals surface area (Å²) in [6, 6.07) is 34.6. The van der Waals surface area contributed by atoms with E-state index in [-0.39, 0.29) is 180 Å². The molecule has 9 aromatic rings. The predicted octanol–water partition coefficient (Wildman–Crippen LogP) is 26.6. The lowest BCUT2D eigenvalue weighted by Gasteiger charge is -2.30. The van der Waals surface area contributed by atoms with Gasteiger partial charge in [-0.3, -0.25) is 29.0 Å². The Morgan fingerprint density at radius 1 is 0.328 bits per heavy atom. The van der Waals surface area contributed by atoms with Crippen LogP contribution in [0.4, 0.5) is 99.3 Å². The topological polar surface area (TPSA) is 194 Å². The number of fused-ring (bicyclic) bond motifs is 5. The average molecular weight is 1830 g/mol. The Hall–Kier alpha value is -11.4. The van der Waals surface area contributed by atoms with Crippen molar-refractivity contribution in [1.29, 1.82) is 0 Å². The van der Waals surface area contributed by atoms with Crippen molar-refractivity contribution in [3.8, 4) is 5.75 Å². The molecule has 131 heavy (non-hydrogen) atoms. The van der Waals surface area contributed by atoms with Crippen LogP contribution in [-0.4, -0.2) is 121 Å². The highest BCUT2D eigenvalue weighted by atomic mass is 19.4. The molecule has 0 unspecified atom stereocenters. The number of nitrogens with zero attached hydrogens (tertiary/aromatic N) is 11. The van der Waals surface area contributed by atoms with Crippen LogP contribution < -0.4 is 4.74 Å². The third-order valence-corrected chi connectivity index (χ3v) is 26.3. The van der Waals surface area contributed by atoms with Crippen molar-refractivity contribution in [3.63, 3.8) is 0 Å². The van der Waals surface area contributed by atoms with E-state index in [1.807, 2.05) is 86.9 Å². The van der Waals surface area contributed by atoms with Gasteiger partial charge in [0.15, 0.2) is 28.9 Å². The number of aliphatic imine (C=N–C) groups is 5. The molecular formula is C98H97F16N11O6. The van der Waals surface area contributed by atoms with Crippen LogP contribution in [0.3, 0.4) is 0 Å². The summed E-state index contributed by atoms with van der Waals surface area (Å²) >= 11 is 0. The van der Waals surface area contributed by atoms with E-state index in [2.05, 4.69) is 19.7 Å². The van der Waals surface area contributed by atoms with E-state index in [9.17, 15) is 94.2 Å². The maximum atomic E-state index is 13.5. The molecule has 33 heteroatoms. The molecule has 20 rings (SSSR count). The first-order chi connectivity index (χ1) is 62.3. The zero-order valence-electron chi connectivity index (χ0n) is 71.6. The lowest BCUT2D eigenvalue weighted by Crippen LogP contribution is -2.26. The quantitative estimate of drug-likeness (QED) is 0.0858. The minimum absolute atomic E-state index is 0.00370. The predicted molar refractivity (Wildman–Crippen MR) is 462 cm³/mol. The van der Waals surface area contributed by atoms with E-state index in [1.54, 1.807) is 64.1 Å². The summed E-state index contributed by atoms with van der Waals surface area (Å²) in [5.41, 5.74) is 8.13. The normalized spacial score (nSPS) is 20.7. The van der Waals surface area contributed by atoms with E-state index < -0.39 is 47.7 Å². The van der Waals surface area contributed by atoms with Gasteiger partial charge in [0.05, 0.1) is 59.1 Å². The van der Waals surface area contributed by atoms with Crippen LogP contribution in [0.15, 0.2) is 190 Å². The first-order valence-electron chi connectivity index (χ1n) is 44.6. The lowest BCUT2D eigenvalue weighted by molar-refractivity contribution is -0.274. The molecule has 692 valence electrons. The first kappa shape index (κ1) is 92.8. The van der Waals surface area contributed by atoms with Gasteiger partial charge < -0.3 is 27.6 Å². The largest absolute Gasteiger partial charge is 0.573 e. The zero-order chi connectivity index (χ0) is 92.5. The smallest absolute Gasteiger partial charge is 0.405 e. The van der Waals surface area contributed by atoms with Gasteiger partial charge in [-0.05, 0) is 155 Å². The lowest BCUT2D eigenvalue weighted by atomic mass is 9.92. The fourth-order valence-electron chi connectivity index (χ4n) is 19.1. The van der Waals surface area contributed by atoms with E-state index in [1.165, 1.54) is 37.1 Å². The molecular weight excluding hydrogens is 1730 g/mol. The number of alkyl halides is 16. The summed E-state index contributed by atoms with van der Waals surface area (Å²) in [7, 11) is 0. The summed E-state index contributed by atoms with van der Waals surface area (Å²) in [4.78, 5) is 89.8. The molecule has 5 aliphatic heterocycles. The van der Waals surface area contributed by atoms with Crippen molar-refractivity contribution >= 4 is 86.6 Å².